The molecular weight excluding hydrogens is 356 g/mol. The van der Waals surface area contributed by atoms with Gasteiger partial charge in [0, 0.05) is 0 Å². The quantitative estimate of drug-likeness (QED) is 0.662. The topological polar surface area (TPSA) is 90.7 Å². The molecule has 0 unspecified atom stereocenters. The molecule has 8 heteroatoms. The summed E-state index contributed by atoms with van der Waals surface area (Å²) in [6.45, 7) is 5.50. The lowest BCUT2D eigenvalue weighted by atomic mass is 10.2. The second-order valence-electron chi connectivity index (χ2n) is 5.53. The Balaban J connectivity index is 1.60. The number of hydrogen-bond donors (Lipinski definition) is 1. The van der Waals surface area contributed by atoms with Gasteiger partial charge >= 0.3 is 5.97 Å². The second kappa shape index (κ2) is 7.57. The zero-order valence-electron chi connectivity index (χ0n) is 14.6. The fourth-order valence-corrected chi connectivity index (χ4v) is 3.32. The van der Waals surface area contributed by atoms with Crippen molar-refractivity contribution in [1.82, 2.24) is 4.98 Å². The van der Waals surface area contributed by atoms with Crippen LogP contribution < -0.4 is 10.1 Å². The third-order valence-corrected chi connectivity index (χ3v) is 4.45. The molecule has 3 rings (SSSR count). The molecule has 0 aliphatic carbocycles. The number of thiazole rings is 1. The summed E-state index contributed by atoms with van der Waals surface area (Å²) in [5.41, 5.74) is 1.08. The van der Waals surface area contributed by atoms with Gasteiger partial charge in [-0.2, -0.15) is 0 Å². The highest BCUT2D eigenvalue weighted by molar-refractivity contribution is 7.22. The van der Waals surface area contributed by atoms with Crippen molar-refractivity contribution in [3.63, 3.8) is 0 Å². The molecule has 0 bridgehead atoms. The molecule has 0 aliphatic rings. The molecule has 1 amide bonds. The Bertz CT molecular complexity index is 960. The van der Waals surface area contributed by atoms with E-state index in [-0.39, 0.29) is 0 Å². The number of carbonyl (C=O) groups is 2. The summed E-state index contributed by atoms with van der Waals surface area (Å²) in [6.07, 6.45) is 0. The van der Waals surface area contributed by atoms with Gasteiger partial charge < -0.3 is 13.9 Å². The summed E-state index contributed by atoms with van der Waals surface area (Å²) in [6, 6.07) is 7.11. The van der Waals surface area contributed by atoms with Crippen LogP contribution in [0.5, 0.6) is 5.75 Å². The SMILES string of the molecule is CCOc1ccc2nc(NC(=O)COC(=O)c3cc(C)oc3C)sc2c1. The summed E-state index contributed by atoms with van der Waals surface area (Å²) in [4.78, 5) is 28.3. The first-order chi connectivity index (χ1) is 12.5. The summed E-state index contributed by atoms with van der Waals surface area (Å²) in [7, 11) is 0. The molecule has 0 saturated heterocycles. The van der Waals surface area contributed by atoms with Gasteiger partial charge in [-0.25, -0.2) is 9.78 Å². The van der Waals surface area contributed by atoms with Crippen LogP contribution in [-0.4, -0.2) is 30.1 Å². The van der Waals surface area contributed by atoms with Crippen LogP contribution in [-0.2, 0) is 9.53 Å². The average Bonchev–Trinajstić information content (AvgIpc) is 3.14. The van der Waals surface area contributed by atoms with Crippen LogP contribution in [0.1, 0.15) is 28.8 Å². The molecule has 0 fully saturated rings. The average molecular weight is 374 g/mol. The molecule has 0 aliphatic heterocycles. The van der Waals surface area contributed by atoms with Gasteiger partial charge in [-0.3, -0.25) is 10.1 Å². The van der Waals surface area contributed by atoms with Crippen LogP contribution in [0, 0.1) is 13.8 Å². The predicted octanol–water partition coefficient (Wildman–Crippen LogP) is 3.70. The number of fused-ring (bicyclic) bond motifs is 1. The van der Waals surface area contributed by atoms with Gasteiger partial charge in [-0.05, 0) is 45.0 Å². The first-order valence-corrected chi connectivity index (χ1v) is 8.85. The number of furan rings is 1. The molecule has 0 saturated carbocycles. The van der Waals surface area contributed by atoms with Gasteiger partial charge in [0.25, 0.3) is 5.91 Å². The van der Waals surface area contributed by atoms with Crippen LogP contribution in [0.25, 0.3) is 10.2 Å². The summed E-state index contributed by atoms with van der Waals surface area (Å²) in [5, 5.41) is 3.07. The van der Waals surface area contributed by atoms with Gasteiger partial charge in [0.2, 0.25) is 0 Å². The van der Waals surface area contributed by atoms with Crippen LogP contribution in [0.15, 0.2) is 28.7 Å². The van der Waals surface area contributed by atoms with Gasteiger partial charge in [-0.15, -0.1) is 0 Å². The molecule has 0 atom stereocenters. The van der Waals surface area contributed by atoms with Crippen molar-refractivity contribution in [2.45, 2.75) is 20.8 Å². The summed E-state index contributed by atoms with van der Waals surface area (Å²) in [5.74, 6) is 0.769. The number of benzene rings is 1. The van der Waals surface area contributed by atoms with E-state index in [9.17, 15) is 9.59 Å². The van der Waals surface area contributed by atoms with E-state index in [0.717, 1.165) is 16.0 Å². The predicted molar refractivity (Wildman–Crippen MR) is 97.9 cm³/mol. The van der Waals surface area contributed by atoms with E-state index in [1.807, 2.05) is 25.1 Å². The number of nitrogens with zero attached hydrogens (tertiary/aromatic N) is 1. The lowest BCUT2D eigenvalue weighted by molar-refractivity contribution is -0.119. The van der Waals surface area contributed by atoms with Gasteiger partial charge in [0.15, 0.2) is 11.7 Å². The number of carbonyl (C=O) groups excluding carboxylic acids is 2. The van der Waals surface area contributed by atoms with Crippen LogP contribution in [0.2, 0.25) is 0 Å². The van der Waals surface area contributed by atoms with Crippen molar-refractivity contribution in [1.29, 1.82) is 0 Å². The molecular formula is C18H18N2O5S. The molecule has 0 spiro atoms. The highest BCUT2D eigenvalue weighted by Gasteiger charge is 2.17. The Hall–Kier alpha value is -2.87. The van der Waals surface area contributed by atoms with Crippen molar-refractivity contribution in [2.24, 2.45) is 0 Å². The maximum Gasteiger partial charge on any atom is 0.342 e. The smallest absolute Gasteiger partial charge is 0.342 e. The highest BCUT2D eigenvalue weighted by atomic mass is 32.1. The van der Waals surface area contributed by atoms with Gasteiger partial charge in [-0.1, -0.05) is 11.3 Å². The number of nitrogens with one attached hydrogen (secondary N) is 1. The zero-order valence-corrected chi connectivity index (χ0v) is 15.4. The molecule has 1 N–H and O–H groups in total. The first kappa shape index (κ1) is 17.9. The van der Waals surface area contributed by atoms with E-state index < -0.39 is 18.5 Å². The minimum absolute atomic E-state index is 0.318. The molecule has 7 nitrogen and oxygen atoms in total. The van der Waals surface area contributed by atoms with E-state index in [0.29, 0.717) is 28.8 Å². The van der Waals surface area contributed by atoms with Gasteiger partial charge in [0.1, 0.15) is 22.8 Å². The number of esters is 1. The van der Waals surface area contributed by atoms with Crippen LogP contribution in [0.3, 0.4) is 0 Å². The number of ether oxygens (including phenoxy) is 2. The lowest BCUT2D eigenvalue weighted by Crippen LogP contribution is -2.20. The number of anilines is 1. The van der Waals surface area contributed by atoms with Gasteiger partial charge in [0.05, 0.1) is 16.8 Å². The largest absolute Gasteiger partial charge is 0.494 e. The van der Waals surface area contributed by atoms with Crippen molar-refractivity contribution < 1.29 is 23.5 Å². The van der Waals surface area contributed by atoms with Crippen molar-refractivity contribution in [3.8, 4) is 5.75 Å². The molecule has 136 valence electrons. The van der Waals surface area contributed by atoms with Crippen molar-refractivity contribution in [3.05, 3.63) is 41.3 Å². The zero-order chi connectivity index (χ0) is 18.7. The fourth-order valence-electron chi connectivity index (χ4n) is 2.41. The van der Waals surface area contributed by atoms with Crippen molar-refractivity contribution >= 4 is 38.6 Å². The number of aryl methyl sites for hydroxylation is 2. The van der Waals surface area contributed by atoms with E-state index in [2.05, 4.69) is 10.3 Å². The van der Waals surface area contributed by atoms with E-state index >= 15 is 0 Å². The Labute approximate surface area is 153 Å². The summed E-state index contributed by atoms with van der Waals surface area (Å²) < 4.78 is 16.7. The normalized spacial score (nSPS) is 10.7. The maximum atomic E-state index is 12.0. The van der Waals surface area contributed by atoms with Crippen molar-refractivity contribution in [2.75, 3.05) is 18.5 Å². The minimum Gasteiger partial charge on any atom is -0.494 e. The maximum absolute atomic E-state index is 12.0. The Morgan fingerprint density at radius 3 is 2.77 bits per heavy atom. The molecule has 1 aromatic carbocycles. The number of aromatic nitrogens is 1. The standard InChI is InChI=1S/C18H18N2O5S/c1-4-23-12-5-6-14-15(8-12)26-18(19-14)20-16(21)9-24-17(22)13-7-10(2)25-11(13)3/h5-8H,4,9H2,1-3H3,(H,19,20,21). The second-order valence-corrected chi connectivity index (χ2v) is 6.56. The molecule has 0 radical (unpaired) electrons. The van der Waals surface area contributed by atoms with Crippen LogP contribution in [0.4, 0.5) is 5.13 Å². The van der Waals surface area contributed by atoms with E-state index in [1.165, 1.54) is 11.3 Å². The third kappa shape index (κ3) is 4.02. The number of rotatable bonds is 6. The third-order valence-electron chi connectivity index (χ3n) is 3.51. The van der Waals surface area contributed by atoms with Crippen LogP contribution >= 0.6 is 11.3 Å². The minimum atomic E-state index is -0.597. The summed E-state index contributed by atoms with van der Waals surface area (Å²) >= 11 is 1.32. The number of amides is 1. The lowest BCUT2D eigenvalue weighted by Gasteiger charge is -2.03. The Kier molecular flexibility index (Phi) is 5.22. The molecule has 2 aromatic heterocycles. The van der Waals surface area contributed by atoms with E-state index in [1.54, 1.807) is 19.9 Å². The monoisotopic (exact) mass is 374 g/mol. The molecule has 2 heterocycles. The highest BCUT2D eigenvalue weighted by Crippen LogP contribution is 2.29. The Morgan fingerprint density at radius 1 is 1.27 bits per heavy atom. The van der Waals surface area contributed by atoms with E-state index in [4.69, 9.17) is 13.9 Å². The Morgan fingerprint density at radius 2 is 2.08 bits per heavy atom. The molecule has 3 aromatic rings. The molecule has 26 heavy (non-hydrogen) atoms. The first-order valence-electron chi connectivity index (χ1n) is 8.03. The number of hydrogen-bond acceptors (Lipinski definition) is 7. The fraction of sp³-hybridized carbons (Fsp3) is 0.278.